The summed E-state index contributed by atoms with van der Waals surface area (Å²) in [5.41, 5.74) is 4.91. The second kappa shape index (κ2) is 4.61. The minimum Gasteiger partial charge on any atom is -0.0918 e. The minimum absolute atomic E-state index is 1.09. The fourth-order valence-corrected chi connectivity index (χ4v) is 1.14. The van der Waals surface area contributed by atoms with Crippen molar-refractivity contribution in [1.29, 1.82) is 0 Å². The van der Waals surface area contributed by atoms with E-state index in [9.17, 15) is 0 Å². The van der Waals surface area contributed by atoms with Crippen molar-refractivity contribution in [3.05, 3.63) is 71.9 Å². The maximum Gasteiger partial charge on any atom is -0.0297 e. The Morgan fingerprint density at radius 2 is 1.43 bits per heavy atom. The molecule has 2 aliphatic rings. The second-order valence-electron chi connectivity index (χ2n) is 3.46. The van der Waals surface area contributed by atoms with E-state index < -0.39 is 0 Å². The van der Waals surface area contributed by atoms with Crippen molar-refractivity contribution in [2.45, 2.75) is 13.8 Å². The molecular formula is C14H16. The lowest BCUT2D eigenvalue weighted by Gasteiger charge is -1.92. The number of hydrogen-bond donors (Lipinski definition) is 0. The van der Waals surface area contributed by atoms with E-state index in [-0.39, 0.29) is 0 Å². The Kier molecular flexibility index (Phi) is 3.47. The first kappa shape index (κ1) is 10.5. The average molecular weight is 184 g/mol. The van der Waals surface area contributed by atoms with Crippen LogP contribution >= 0.6 is 0 Å². The van der Waals surface area contributed by atoms with Gasteiger partial charge in [0.15, 0.2) is 0 Å². The van der Waals surface area contributed by atoms with Crippen molar-refractivity contribution in [3.8, 4) is 0 Å². The van der Waals surface area contributed by atoms with Gasteiger partial charge in [0.1, 0.15) is 0 Å². The average Bonchev–Trinajstić information content (AvgIpc) is 2.73. The molecule has 0 nitrogen and oxygen atoms in total. The Balaban J connectivity index is 0.000000146. The van der Waals surface area contributed by atoms with Gasteiger partial charge in [-0.1, -0.05) is 49.6 Å². The predicted octanol–water partition coefficient (Wildman–Crippen LogP) is 4.12. The standard InChI is InChI=1S/C8H10.C6H6/c1-6-4-5-7(2)8(6)3;1-6-4-2-3-5-6/h4-5H,1H2,2-3H3;2-5H,1H2. The third kappa shape index (κ3) is 2.74. The van der Waals surface area contributed by atoms with E-state index in [4.69, 9.17) is 0 Å². The van der Waals surface area contributed by atoms with Gasteiger partial charge in [0.2, 0.25) is 0 Å². The highest BCUT2D eigenvalue weighted by molar-refractivity contribution is 5.49. The van der Waals surface area contributed by atoms with Crippen molar-refractivity contribution < 1.29 is 0 Å². The summed E-state index contributed by atoms with van der Waals surface area (Å²) in [5, 5.41) is 0. The Morgan fingerprint density at radius 3 is 1.57 bits per heavy atom. The molecule has 72 valence electrons. The first-order chi connectivity index (χ1) is 6.61. The van der Waals surface area contributed by atoms with Crippen LogP contribution in [-0.4, -0.2) is 0 Å². The van der Waals surface area contributed by atoms with Crippen LogP contribution in [0.5, 0.6) is 0 Å². The molecule has 2 rings (SSSR count). The molecule has 0 saturated heterocycles. The summed E-state index contributed by atoms with van der Waals surface area (Å²) in [4.78, 5) is 0. The van der Waals surface area contributed by atoms with Gasteiger partial charge in [0.05, 0.1) is 0 Å². The molecule has 0 N–H and O–H groups in total. The van der Waals surface area contributed by atoms with Crippen LogP contribution in [0.4, 0.5) is 0 Å². The zero-order valence-corrected chi connectivity index (χ0v) is 8.88. The minimum atomic E-state index is 1.09. The van der Waals surface area contributed by atoms with E-state index in [1.807, 2.05) is 30.4 Å². The SMILES string of the molecule is C=C1C=CC(C)=C1C.C=C1C=CC=C1. The molecular weight excluding hydrogens is 168 g/mol. The molecule has 0 fully saturated rings. The molecule has 0 aromatic carbocycles. The van der Waals surface area contributed by atoms with Crippen molar-refractivity contribution in [2.24, 2.45) is 0 Å². The molecule has 0 saturated carbocycles. The van der Waals surface area contributed by atoms with Gasteiger partial charge in [0.25, 0.3) is 0 Å². The molecule has 0 aliphatic heterocycles. The van der Waals surface area contributed by atoms with Crippen LogP contribution in [0, 0.1) is 0 Å². The zero-order chi connectivity index (χ0) is 10.6. The van der Waals surface area contributed by atoms with Gasteiger partial charge in [0, 0.05) is 0 Å². The van der Waals surface area contributed by atoms with E-state index in [0.717, 1.165) is 11.1 Å². The first-order valence-corrected chi connectivity index (χ1v) is 4.70. The highest BCUT2D eigenvalue weighted by Gasteiger charge is 2.01. The summed E-state index contributed by atoms with van der Waals surface area (Å²) in [6.45, 7) is 11.7. The molecule has 0 heterocycles. The molecule has 0 bridgehead atoms. The van der Waals surface area contributed by atoms with Crippen LogP contribution in [0.1, 0.15) is 13.8 Å². The van der Waals surface area contributed by atoms with Crippen molar-refractivity contribution in [1.82, 2.24) is 0 Å². The summed E-state index contributed by atoms with van der Waals surface area (Å²) in [5.74, 6) is 0. The third-order valence-corrected chi connectivity index (χ3v) is 2.34. The maximum atomic E-state index is 3.84. The van der Waals surface area contributed by atoms with E-state index in [2.05, 4.69) is 33.1 Å². The molecule has 2 aliphatic carbocycles. The molecule has 14 heavy (non-hydrogen) atoms. The lowest BCUT2D eigenvalue weighted by molar-refractivity contribution is 1.39. The highest BCUT2D eigenvalue weighted by atomic mass is 14.1. The van der Waals surface area contributed by atoms with Crippen molar-refractivity contribution >= 4 is 0 Å². The maximum absolute atomic E-state index is 3.84. The zero-order valence-electron chi connectivity index (χ0n) is 8.88. The number of rotatable bonds is 0. The van der Waals surface area contributed by atoms with Gasteiger partial charge in [-0.2, -0.15) is 0 Å². The molecule has 0 amide bonds. The Morgan fingerprint density at radius 1 is 0.857 bits per heavy atom. The molecule has 0 atom stereocenters. The molecule has 0 spiro atoms. The Labute approximate surface area is 86.3 Å². The summed E-state index contributed by atoms with van der Waals surface area (Å²) < 4.78 is 0. The number of allylic oxidation sites excluding steroid dienone is 10. The third-order valence-electron chi connectivity index (χ3n) is 2.34. The summed E-state index contributed by atoms with van der Waals surface area (Å²) >= 11 is 0. The van der Waals surface area contributed by atoms with Gasteiger partial charge in [-0.15, -0.1) is 0 Å². The normalized spacial score (nSPS) is 17.9. The fourth-order valence-electron chi connectivity index (χ4n) is 1.14. The largest absolute Gasteiger partial charge is 0.0918 e. The monoisotopic (exact) mass is 184 g/mol. The smallest absolute Gasteiger partial charge is 0.0297 e. The second-order valence-corrected chi connectivity index (χ2v) is 3.46. The predicted molar refractivity (Wildman–Crippen MR) is 64.1 cm³/mol. The van der Waals surface area contributed by atoms with E-state index in [0.29, 0.717) is 0 Å². The molecule has 0 radical (unpaired) electrons. The summed E-state index contributed by atoms with van der Waals surface area (Å²) in [6, 6.07) is 0. The molecule has 0 heteroatoms. The van der Waals surface area contributed by atoms with Crippen molar-refractivity contribution in [2.75, 3.05) is 0 Å². The Bertz CT molecular complexity index is 353. The van der Waals surface area contributed by atoms with E-state index in [1.54, 1.807) is 0 Å². The Hall–Kier alpha value is -1.56. The van der Waals surface area contributed by atoms with Gasteiger partial charge < -0.3 is 0 Å². The molecule has 0 aromatic rings. The van der Waals surface area contributed by atoms with E-state index >= 15 is 0 Å². The van der Waals surface area contributed by atoms with Crippen LogP contribution in [0.15, 0.2) is 71.9 Å². The van der Waals surface area contributed by atoms with Gasteiger partial charge in [-0.05, 0) is 36.1 Å². The van der Waals surface area contributed by atoms with Gasteiger partial charge >= 0.3 is 0 Å². The van der Waals surface area contributed by atoms with Gasteiger partial charge in [-0.25, -0.2) is 0 Å². The van der Waals surface area contributed by atoms with Crippen LogP contribution in [0.2, 0.25) is 0 Å². The summed E-state index contributed by atoms with van der Waals surface area (Å²) in [7, 11) is 0. The summed E-state index contributed by atoms with van der Waals surface area (Å²) in [6.07, 6.45) is 12.0. The topological polar surface area (TPSA) is 0 Å². The lowest BCUT2D eigenvalue weighted by atomic mass is 10.1. The fraction of sp³-hybridized carbons (Fsp3) is 0.143. The first-order valence-electron chi connectivity index (χ1n) is 4.70. The molecule has 0 unspecified atom stereocenters. The highest BCUT2D eigenvalue weighted by Crippen LogP contribution is 2.21. The van der Waals surface area contributed by atoms with Gasteiger partial charge in [-0.3, -0.25) is 0 Å². The van der Waals surface area contributed by atoms with Crippen LogP contribution < -0.4 is 0 Å². The number of hydrogen-bond acceptors (Lipinski definition) is 0. The van der Waals surface area contributed by atoms with Crippen molar-refractivity contribution in [3.63, 3.8) is 0 Å². The van der Waals surface area contributed by atoms with Crippen LogP contribution in [-0.2, 0) is 0 Å². The van der Waals surface area contributed by atoms with Crippen LogP contribution in [0.3, 0.4) is 0 Å². The molecule has 0 aromatic heterocycles. The van der Waals surface area contributed by atoms with E-state index in [1.165, 1.54) is 11.1 Å². The van der Waals surface area contributed by atoms with Crippen LogP contribution in [0.25, 0.3) is 0 Å². The quantitative estimate of drug-likeness (QED) is 0.531. The lowest BCUT2D eigenvalue weighted by Crippen LogP contribution is -1.72.